The van der Waals surface area contributed by atoms with Gasteiger partial charge in [0, 0.05) is 30.0 Å². The number of pyridine rings is 1. The summed E-state index contributed by atoms with van der Waals surface area (Å²) in [5, 5.41) is 9.02. The molecule has 1 fully saturated rings. The van der Waals surface area contributed by atoms with Crippen LogP contribution in [-0.4, -0.2) is 34.1 Å². The molecule has 1 aliphatic rings. The maximum absolute atomic E-state index is 4.78. The molecule has 1 aliphatic heterocycles. The monoisotopic (exact) mass is 311 g/mol. The zero-order chi connectivity index (χ0) is 14.9. The number of thiophene rings is 1. The van der Waals surface area contributed by atoms with Gasteiger partial charge in [-0.05, 0) is 43.5 Å². The molecule has 22 heavy (non-hydrogen) atoms. The van der Waals surface area contributed by atoms with Gasteiger partial charge < -0.3 is 10.6 Å². The van der Waals surface area contributed by atoms with Crippen molar-refractivity contribution in [2.45, 2.75) is 19.4 Å². The van der Waals surface area contributed by atoms with Crippen molar-refractivity contribution >= 4 is 27.4 Å². The van der Waals surface area contributed by atoms with Crippen LogP contribution in [0.25, 0.3) is 21.6 Å². The van der Waals surface area contributed by atoms with Gasteiger partial charge in [0.2, 0.25) is 0 Å². The second-order valence-corrected chi connectivity index (χ2v) is 6.47. The van der Waals surface area contributed by atoms with Gasteiger partial charge in [0.05, 0.1) is 10.2 Å². The maximum Gasteiger partial charge on any atom is 0.162 e. The van der Waals surface area contributed by atoms with E-state index in [4.69, 9.17) is 9.97 Å². The van der Waals surface area contributed by atoms with E-state index in [1.54, 1.807) is 17.5 Å². The smallest absolute Gasteiger partial charge is 0.162 e. The summed E-state index contributed by atoms with van der Waals surface area (Å²) in [6, 6.07) is 6.47. The highest BCUT2D eigenvalue weighted by atomic mass is 32.1. The summed E-state index contributed by atoms with van der Waals surface area (Å²) in [5.41, 5.74) is 2.98. The lowest BCUT2D eigenvalue weighted by Gasteiger charge is -2.13. The topological polar surface area (TPSA) is 62.7 Å². The molecule has 0 aliphatic carbocycles. The third-order valence-electron chi connectivity index (χ3n) is 3.86. The third kappa shape index (κ3) is 2.55. The average Bonchev–Trinajstić information content (AvgIpc) is 3.18. The fourth-order valence-electron chi connectivity index (χ4n) is 2.75. The fraction of sp³-hybridized carbons (Fsp3) is 0.312. The Hall–Kier alpha value is -2.05. The van der Waals surface area contributed by atoms with Crippen molar-refractivity contribution in [3.63, 3.8) is 0 Å². The van der Waals surface area contributed by atoms with Gasteiger partial charge in [0.1, 0.15) is 5.82 Å². The van der Waals surface area contributed by atoms with Crippen LogP contribution in [0, 0.1) is 6.92 Å². The molecule has 0 amide bonds. The van der Waals surface area contributed by atoms with E-state index in [-0.39, 0.29) is 0 Å². The minimum Gasteiger partial charge on any atom is -0.365 e. The van der Waals surface area contributed by atoms with Crippen molar-refractivity contribution < 1.29 is 0 Å². The molecule has 1 saturated heterocycles. The Balaban J connectivity index is 1.79. The molecule has 4 rings (SSSR count). The predicted molar refractivity (Wildman–Crippen MR) is 90.3 cm³/mol. The van der Waals surface area contributed by atoms with Crippen molar-refractivity contribution in [3.05, 3.63) is 35.5 Å². The van der Waals surface area contributed by atoms with E-state index in [2.05, 4.69) is 27.1 Å². The lowest BCUT2D eigenvalue weighted by Crippen LogP contribution is -2.22. The normalized spacial score (nSPS) is 18.0. The molecule has 5 nitrogen and oxygen atoms in total. The number of nitrogens with zero attached hydrogens (tertiary/aromatic N) is 3. The van der Waals surface area contributed by atoms with Gasteiger partial charge in [-0.3, -0.25) is 4.98 Å². The molecule has 0 saturated carbocycles. The summed E-state index contributed by atoms with van der Waals surface area (Å²) in [6.45, 7) is 4.03. The SMILES string of the molecule is Cc1cc(-c2nc(NC3CCNC3)c3sccc3n2)ccn1. The van der Waals surface area contributed by atoms with Crippen molar-refractivity contribution in [1.29, 1.82) is 0 Å². The van der Waals surface area contributed by atoms with E-state index in [1.165, 1.54) is 0 Å². The van der Waals surface area contributed by atoms with Gasteiger partial charge in [-0.15, -0.1) is 11.3 Å². The van der Waals surface area contributed by atoms with Crippen molar-refractivity contribution in [3.8, 4) is 11.4 Å². The van der Waals surface area contributed by atoms with Gasteiger partial charge in [0.15, 0.2) is 5.82 Å². The summed E-state index contributed by atoms with van der Waals surface area (Å²) in [5.74, 6) is 1.70. The Labute approximate surface area is 132 Å². The highest BCUT2D eigenvalue weighted by Gasteiger charge is 2.17. The summed E-state index contributed by atoms with van der Waals surface area (Å²) in [4.78, 5) is 13.7. The van der Waals surface area contributed by atoms with E-state index >= 15 is 0 Å². The fourth-order valence-corrected chi connectivity index (χ4v) is 3.53. The van der Waals surface area contributed by atoms with Gasteiger partial charge in [-0.2, -0.15) is 0 Å². The predicted octanol–water partition coefficient (Wildman–Crippen LogP) is 2.84. The summed E-state index contributed by atoms with van der Waals surface area (Å²) in [7, 11) is 0. The quantitative estimate of drug-likeness (QED) is 0.779. The van der Waals surface area contributed by atoms with Crippen LogP contribution in [0.4, 0.5) is 5.82 Å². The van der Waals surface area contributed by atoms with Crippen LogP contribution in [0.3, 0.4) is 0 Å². The summed E-state index contributed by atoms with van der Waals surface area (Å²) < 4.78 is 1.13. The Kier molecular flexibility index (Phi) is 3.48. The molecule has 4 heterocycles. The number of nitrogens with one attached hydrogen (secondary N) is 2. The van der Waals surface area contributed by atoms with Gasteiger partial charge in [0.25, 0.3) is 0 Å². The molecule has 0 spiro atoms. The minimum atomic E-state index is 0.437. The molecule has 0 radical (unpaired) electrons. The first kappa shape index (κ1) is 13.6. The van der Waals surface area contributed by atoms with E-state index in [1.807, 2.05) is 19.1 Å². The standard InChI is InChI=1S/C16H17N5S/c1-10-8-11(2-6-18-10)15-20-13-4-7-22-14(13)16(21-15)19-12-3-5-17-9-12/h2,4,6-8,12,17H,3,5,9H2,1H3,(H,19,20,21). The van der Waals surface area contributed by atoms with Crippen LogP contribution < -0.4 is 10.6 Å². The molecular formula is C16H17N5S. The summed E-state index contributed by atoms with van der Waals surface area (Å²) in [6.07, 6.45) is 2.93. The average molecular weight is 311 g/mol. The second-order valence-electron chi connectivity index (χ2n) is 5.55. The first-order chi connectivity index (χ1) is 10.8. The Morgan fingerprint density at radius 1 is 1.32 bits per heavy atom. The van der Waals surface area contributed by atoms with Crippen molar-refractivity contribution in [2.24, 2.45) is 0 Å². The van der Waals surface area contributed by atoms with Crippen LogP contribution in [-0.2, 0) is 0 Å². The molecule has 3 aromatic heterocycles. The lowest BCUT2D eigenvalue weighted by atomic mass is 10.2. The molecule has 1 atom stereocenters. The van der Waals surface area contributed by atoms with Crippen LogP contribution in [0.15, 0.2) is 29.8 Å². The minimum absolute atomic E-state index is 0.437. The Bertz CT molecular complexity index is 807. The number of fused-ring (bicyclic) bond motifs is 1. The van der Waals surface area contributed by atoms with Crippen LogP contribution >= 0.6 is 11.3 Å². The van der Waals surface area contributed by atoms with Gasteiger partial charge >= 0.3 is 0 Å². The Morgan fingerprint density at radius 2 is 2.27 bits per heavy atom. The van der Waals surface area contributed by atoms with Crippen LogP contribution in [0.1, 0.15) is 12.1 Å². The molecule has 2 N–H and O–H groups in total. The zero-order valence-electron chi connectivity index (χ0n) is 12.3. The van der Waals surface area contributed by atoms with Gasteiger partial charge in [-0.25, -0.2) is 9.97 Å². The van der Waals surface area contributed by atoms with Gasteiger partial charge in [-0.1, -0.05) is 0 Å². The Morgan fingerprint density at radius 3 is 3.09 bits per heavy atom. The van der Waals surface area contributed by atoms with Crippen molar-refractivity contribution in [1.82, 2.24) is 20.3 Å². The number of hydrogen-bond donors (Lipinski definition) is 2. The van der Waals surface area contributed by atoms with E-state index in [0.29, 0.717) is 6.04 Å². The number of anilines is 1. The van der Waals surface area contributed by atoms with Crippen LogP contribution in [0.5, 0.6) is 0 Å². The van der Waals surface area contributed by atoms with E-state index < -0.39 is 0 Å². The lowest BCUT2D eigenvalue weighted by molar-refractivity contribution is 0.789. The molecule has 6 heteroatoms. The van der Waals surface area contributed by atoms with E-state index in [0.717, 1.165) is 52.6 Å². The zero-order valence-corrected chi connectivity index (χ0v) is 13.2. The highest BCUT2D eigenvalue weighted by Crippen LogP contribution is 2.29. The molecule has 112 valence electrons. The van der Waals surface area contributed by atoms with Crippen LogP contribution in [0.2, 0.25) is 0 Å². The third-order valence-corrected chi connectivity index (χ3v) is 4.77. The van der Waals surface area contributed by atoms with Crippen molar-refractivity contribution in [2.75, 3.05) is 18.4 Å². The maximum atomic E-state index is 4.78. The van der Waals surface area contributed by atoms with E-state index in [9.17, 15) is 0 Å². The number of aromatic nitrogens is 3. The number of hydrogen-bond acceptors (Lipinski definition) is 6. The second kappa shape index (κ2) is 5.62. The number of rotatable bonds is 3. The summed E-state index contributed by atoms with van der Waals surface area (Å²) >= 11 is 1.68. The first-order valence-corrected chi connectivity index (χ1v) is 8.33. The number of aryl methyl sites for hydroxylation is 1. The largest absolute Gasteiger partial charge is 0.365 e. The molecule has 3 aromatic rings. The highest BCUT2D eigenvalue weighted by molar-refractivity contribution is 7.17. The molecule has 0 bridgehead atoms. The molecular weight excluding hydrogens is 294 g/mol. The molecule has 1 unspecified atom stereocenters. The molecule has 0 aromatic carbocycles. The first-order valence-electron chi connectivity index (χ1n) is 7.45.